The van der Waals surface area contributed by atoms with Crippen molar-refractivity contribution in [1.82, 2.24) is 30.1 Å². The summed E-state index contributed by atoms with van der Waals surface area (Å²) in [5.74, 6) is -0.625. The number of aromatic nitrogens is 3. The Kier molecular flexibility index (Phi) is 9.79. The van der Waals surface area contributed by atoms with Crippen molar-refractivity contribution in [3.05, 3.63) is 16.8 Å². The molecular formula is C18H29N9NaO10P. The molecule has 5 rings (SSSR count). The van der Waals surface area contributed by atoms with Gasteiger partial charge in [-0.15, -0.1) is 0 Å². The molecule has 0 saturated carbocycles. The van der Waals surface area contributed by atoms with E-state index in [2.05, 4.69) is 25.6 Å². The Labute approximate surface area is 243 Å². The summed E-state index contributed by atoms with van der Waals surface area (Å²) < 4.78 is 35.4. The number of anilines is 1. The standard InChI is InChI=1S/C18H30N9O10P.Na/c19-16-22-6-27(18(31)25-16)12-2-8(9(3-28)35-12)37-38(32,33)34-4-10-7(29)1-11(36-10)26-5-21-13-14(26)23-17(20)24-15(13)30;/h6-14,17,21,23,28-29H,1-5,20H2,(H,24,30)(H,32,33)(H2,19,25,31);/q;+1/p-1/t7-,8-,9+,10+,11+,12+,13?,14?,17?;/m0./s1. The molecule has 1 aromatic rings. The zero-order valence-electron chi connectivity index (χ0n) is 20.8. The van der Waals surface area contributed by atoms with Crippen molar-refractivity contribution in [3.8, 4) is 0 Å². The summed E-state index contributed by atoms with van der Waals surface area (Å²) >= 11 is 0. The molecule has 3 fully saturated rings. The van der Waals surface area contributed by atoms with Crippen LogP contribution in [0.25, 0.3) is 0 Å². The maximum Gasteiger partial charge on any atom is 1.00 e. The van der Waals surface area contributed by atoms with Crippen LogP contribution in [0.3, 0.4) is 0 Å². The number of nitrogens with two attached hydrogens (primary N) is 2. The van der Waals surface area contributed by atoms with Crippen molar-refractivity contribution in [1.29, 1.82) is 0 Å². The Morgan fingerprint density at radius 2 is 2.03 bits per heavy atom. The van der Waals surface area contributed by atoms with Gasteiger partial charge in [0.05, 0.1) is 38.2 Å². The molecule has 0 radical (unpaired) electrons. The summed E-state index contributed by atoms with van der Waals surface area (Å²) in [7, 11) is -4.73. The third-order valence-corrected chi connectivity index (χ3v) is 7.71. The molecule has 10 atom stereocenters. The summed E-state index contributed by atoms with van der Waals surface area (Å²) in [4.78, 5) is 35.1. The zero-order chi connectivity index (χ0) is 27.2. The van der Waals surface area contributed by atoms with Gasteiger partial charge in [0.1, 0.15) is 37.1 Å². The number of phosphoric ester groups is 1. The quantitative estimate of drug-likeness (QED) is 0.110. The molecule has 5 heterocycles. The molecule has 0 aliphatic carbocycles. The molecule has 3 saturated heterocycles. The van der Waals surface area contributed by atoms with Crippen LogP contribution in [0.1, 0.15) is 19.1 Å². The van der Waals surface area contributed by atoms with Gasteiger partial charge in [0.15, 0.2) is 6.29 Å². The number of nitrogen functional groups attached to an aromatic ring is 1. The van der Waals surface area contributed by atoms with E-state index in [0.29, 0.717) is 0 Å². The number of aliphatic imine (C=N–C) groups is 1. The van der Waals surface area contributed by atoms with E-state index < -0.39 is 88.0 Å². The van der Waals surface area contributed by atoms with Crippen LogP contribution >= 0.6 is 7.82 Å². The molecule has 4 aliphatic rings. The van der Waals surface area contributed by atoms with E-state index in [4.69, 9.17) is 30.0 Å². The van der Waals surface area contributed by atoms with Gasteiger partial charge in [-0.1, -0.05) is 0 Å². The van der Waals surface area contributed by atoms with Crippen molar-refractivity contribution in [2.24, 2.45) is 10.7 Å². The predicted molar refractivity (Wildman–Crippen MR) is 122 cm³/mol. The Bertz CT molecular complexity index is 1160. The number of aliphatic hydroxyl groups is 2. The maximum atomic E-state index is 12.7. The Morgan fingerprint density at radius 1 is 1.28 bits per heavy atom. The second-order valence-corrected chi connectivity index (χ2v) is 10.6. The SMILES string of the molecule is Nc1ncn([C@H]2C[C@H](OP(=O)(O)OC[C@H]3O[C@@H](N4CNC5C([O-])=NC(N)NC54)C[C@@H]3O)[C@@H](CO)O2)c(=O)n1.[Na+]. The average molecular weight is 585 g/mol. The number of aliphatic hydroxyl groups excluding tert-OH is 2. The number of fused-ring (bicyclic) bond motifs is 1. The molecular weight excluding hydrogens is 556 g/mol. The van der Waals surface area contributed by atoms with Crippen LogP contribution < -0.4 is 62.5 Å². The van der Waals surface area contributed by atoms with Gasteiger partial charge in [-0.05, 0) is 5.90 Å². The third-order valence-electron chi connectivity index (χ3n) is 6.70. The van der Waals surface area contributed by atoms with Crippen molar-refractivity contribution >= 4 is 19.7 Å². The van der Waals surface area contributed by atoms with E-state index in [1.807, 2.05) is 0 Å². The van der Waals surface area contributed by atoms with E-state index in [1.54, 1.807) is 4.90 Å². The second-order valence-electron chi connectivity index (χ2n) is 9.17. The number of rotatable bonds is 8. The van der Waals surface area contributed by atoms with E-state index in [0.717, 1.165) is 10.9 Å². The summed E-state index contributed by atoms with van der Waals surface area (Å²) in [5, 5.41) is 38.2. The monoisotopic (exact) mass is 585 g/mol. The van der Waals surface area contributed by atoms with E-state index >= 15 is 0 Å². The van der Waals surface area contributed by atoms with Gasteiger partial charge in [-0.2, -0.15) is 4.98 Å². The van der Waals surface area contributed by atoms with E-state index in [1.165, 1.54) is 0 Å². The fourth-order valence-electron chi connectivity index (χ4n) is 4.87. The van der Waals surface area contributed by atoms with E-state index in [9.17, 15) is 29.6 Å². The fraction of sp³-hybridized carbons (Fsp3) is 0.778. The Morgan fingerprint density at radius 3 is 2.74 bits per heavy atom. The molecule has 21 heteroatoms. The maximum absolute atomic E-state index is 12.7. The van der Waals surface area contributed by atoms with Gasteiger partial charge in [-0.3, -0.25) is 35.0 Å². The van der Waals surface area contributed by atoms with Crippen LogP contribution in [0.15, 0.2) is 16.1 Å². The zero-order valence-corrected chi connectivity index (χ0v) is 23.7. The first kappa shape index (κ1) is 30.8. The molecule has 0 aromatic carbocycles. The van der Waals surface area contributed by atoms with Gasteiger partial charge in [0.25, 0.3) is 0 Å². The topological polar surface area (TPSA) is 277 Å². The first-order valence-electron chi connectivity index (χ1n) is 11.8. The summed E-state index contributed by atoms with van der Waals surface area (Å²) in [6.45, 7) is -0.804. The van der Waals surface area contributed by atoms with Crippen molar-refractivity contribution in [2.75, 3.05) is 25.6 Å². The van der Waals surface area contributed by atoms with E-state index in [-0.39, 0.29) is 55.0 Å². The summed E-state index contributed by atoms with van der Waals surface area (Å²) in [6.07, 6.45) is -6.05. The number of hydrogen-bond donors (Lipinski definition) is 7. The van der Waals surface area contributed by atoms with Crippen molar-refractivity contribution in [2.45, 2.75) is 68.2 Å². The summed E-state index contributed by atoms with van der Waals surface area (Å²) in [6, 6.07) is -0.621. The molecule has 4 aliphatic heterocycles. The number of nitrogens with zero attached hydrogens (tertiary/aromatic N) is 5. The van der Waals surface area contributed by atoms with Gasteiger partial charge in [0.2, 0.25) is 5.95 Å². The molecule has 39 heavy (non-hydrogen) atoms. The molecule has 0 bridgehead atoms. The van der Waals surface area contributed by atoms with Crippen LogP contribution in [0.2, 0.25) is 0 Å². The van der Waals surface area contributed by atoms with Crippen LogP contribution in [0.5, 0.6) is 0 Å². The molecule has 1 aromatic heterocycles. The van der Waals surface area contributed by atoms with Crippen molar-refractivity contribution in [3.63, 3.8) is 0 Å². The van der Waals surface area contributed by atoms with Crippen LogP contribution in [0.4, 0.5) is 5.95 Å². The van der Waals surface area contributed by atoms with Gasteiger partial charge < -0.3 is 35.4 Å². The number of nitrogens with one attached hydrogen (secondary N) is 2. The molecule has 4 unspecified atom stereocenters. The van der Waals surface area contributed by atoms with Crippen molar-refractivity contribution < 1.29 is 72.9 Å². The minimum atomic E-state index is -4.73. The summed E-state index contributed by atoms with van der Waals surface area (Å²) in [5.41, 5.74) is 10.4. The molecule has 9 N–H and O–H groups in total. The first-order chi connectivity index (χ1) is 18.0. The molecule has 0 amide bonds. The minimum absolute atomic E-state index is 0. The predicted octanol–water partition coefficient (Wildman–Crippen LogP) is -8.36. The van der Waals surface area contributed by atoms with Crippen LogP contribution in [-0.4, -0.2) is 109 Å². The molecule has 19 nitrogen and oxygen atoms in total. The van der Waals surface area contributed by atoms with Gasteiger partial charge >= 0.3 is 43.1 Å². The Balaban J connectivity index is 0.00000353. The number of hydrogen-bond acceptors (Lipinski definition) is 17. The van der Waals surface area contributed by atoms with Crippen LogP contribution in [-0.2, 0) is 23.1 Å². The first-order valence-corrected chi connectivity index (χ1v) is 13.3. The number of phosphoric acid groups is 1. The second kappa shape index (κ2) is 12.4. The van der Waals surface area contributed by atoms with Crippen LogP contribution in [0, 0.1) is 0 Å². The van der Waals surface area contributed by atoms with Gasteiger partial charge in [-0.25, -0.2) is 19.2 Å². The largest absolute Gasteiger partial charge is 1.00 e. The Hall–Kier alpha value is -1.13. The minimum Gasteiger partial charge on any atom is -0.861 e. The third kappa shape index (κ3) is 6.69. The fourth-order valence-corrected chi connectivity index (χ4v) is 5.83. The van der Waals surface area contributed by atoms with Gasteiger partial charge in [0, 0.05) is 12.8 Å². The molecule has 212 valence electrons. The normalized spacial score (nSPS) is 38.2. The molecule has 0 spiro atoms. The number of ether oxygens (including phenoxy) is 2. The average Bonchev–Trinajstić information content (AvgIpc) is 3.54. The smallest absolute Gasteiger partial charge is 0.861 e.